The maximum absolute atomic E-state index is 5.87. The van der Waals surface area contributed by atoms with Gasteiger partial charge in [-0.15, -0.1) is 0 Å². The zero-order valence-corrected chi connectivity index (χ0v) is 14.3. The molecule has 116 valence electrons. The molecule has 0 bridgehead atoms. The first-order valence-electron chi connectivity index (χ1n) is 7.66. The fourth-order valence-corrected chi connectivity index (χ4v) is 4.32. The molecule has 0 aromatic heterocycles. The molecule has 1 saturated heterocycles. The number of benzene rings is 1. The quantitative estimate of drug-likeness (QED) is 0.906. The third kappa shape index (κ3) is 2.67. The van der Waals surface area contributed by atoms with Gasteiger partial charge in [-0.2, -0.15) is 0 Å². The SMILES string of the molecule is CCc1c(C2CC(CN)CN2C)cc2c(c1Br)OCCO2. The van der Waals surface area contributed by atoms with Crippen LogP contribution in [-0.4, -0.2) is 38.3 Å². The molecular formula is C16H23BrN2O2. The van der Waals surface area contributed by atoms with E-state index < -0.39 is 0 Å². The lowest BCUT2D eigenvalue weighted by Crippen LogP contribution is -2.22. The molecule has 2 atom stereocenters. The second kappa shape index (κ2) is 6.15. The Morgan fingerprint density at radius 2 is 2.14 bits per heavy atom. The van der Waals surface area contributed by atoms with Crippen LogP contribution in [0, 0.1) is 5.92 Å². The lowest BCUT2D eigenvalue weighted by Gasteiger charge is -2.27. The molecule has 2 unspecified atom stereocenters. The average Bonchev–Trinajstić information content (AvgIpc) is 2.88. The Hall–Kier alpha value is -0.780. The van der Waals surface area contributed by atoms with Crippen molar-refractivity contribution >= 4 is 15.9 Å². The molecule has 2 aliphatic heterocycles. The highest BCUT2D eigenvalue weighted by molar-refractivity contribution is 9.10. The average molecular weight is 355 g/mol. The number of hydrogen-bond donors (Lipinski definition) is 1. The first-order chi connectivity index (χ1) is 10.2. The molecule has 0 saturated carbocycles. The molecule has 1 aromatic carbocycles. The van der Waals surface area contributed by atoms with Gasteiger partial charge in [0.25, 0.3) is 0 Å². The standard InChI is InChI=1S/C16H23BrN2O2/c1-3-11-12(13-6-10(8-18)9-19(13)2)7-14-16(15(11)17)21-5-4-20-14/h7,10,13H,3-6,8-9,18H2,1-2H3. The van der Waals surface area contributed by atoms with Gasteiger partial charge in [-0.1, -0.05) is 6.92 Å². The molecule has 4 nitrogen and oxygen atoms in total. The van der Waals surface area contributed by atoms with Gasteiger partial charge in [-0.25, -0.2) is 0 Å². The molecule has 2 heterocycles. The predicted molar refractivity (Wildman–Crippen MR) is 87.0 cm³/mol. The van der Waals surface area contributed by atoms with Crippen LogP contribution in [0.2, 0.25) is 0 Å². The topological polar surface area (TPSA) is 47.7 Å². The third-order valence-corrected chi connectivity index (χ3v) is 5.43. The van der Waals surface area contributed by atoms with E-state index in [2.05, 4.69) is 40.9 Å². The number of ether oxygens (including phenoxy) is 2. The highest BCUT2D eigenvalue weighted by Gasteiger charge is 2.33. The van der Waals surface area contributed by atoms with Crippen molar-refractivity contribution in [3.05, 3.63) is 21.7 Å². The van der Waals surface area contributed by atoms with Crippen LogP contribution in [0.25, 0.3) is 0 Å². The molecule has 0 spiro atoms. The lowest BCUT2D eigenvalue weighted by molar-refractivity contribution is 0.169. The smallest absolute Gasteiger partial charge is 0.175 e. The summed E-state index contributed by atoms with van der Waals surface area (Å²) in [5.74, 6) is 2.31. The summed E-state index contributed by atoms with van der Waals surface area (Å²) in [7, 11) is 2.18. The number of halogens is 1. The monoisotopic (exact) mass is 354 g/mol. The largest absolute Gasteiger partial charge is 0.486 e. The molecule has 3 rings (SSSR count). The van der Waals surface area contributed by atoms with E-state index in [-0.39, 0.29) is 0 Å². The van der Waals surface area contributed by atoms with Crippen LogP contribution in [0.15, 0.2) is 10.5 Å². The number of likely N-dealkylation sites (tertiary alicyclic amines) is 1. The van der Waals surface area contributed by atoms with Crippen LogP contribution < -0.4 is 15.2 Å². The van der Waals surface area contributed by atoms with Crippen molar-refractivity contribution < 1.29 is 9.47 Å². The molecule has 1 fully saturated rings. The van der Waals surface area contributed by atoms with Crippen LogP contribution in [0.3, 0.4) is 0 Å². The van der Waals surface area contributed by atoms with Crippen molar-refractivity contribution in [2.45, 2.75) is 25.8 Å². The second-order valence-corrected chi connectivity index (χ2v) is 6.72. The zero-order chi connectivity index (χ0) is 15.0. The summed E-state index contributed by atoms with van der Waals surface area (Å²) in [4.78, 5) is 2.41. The van der Waals surface area contributed by atoms with Crippen molar-refractivity contribution in [2.24, 2.45) is 11.7 Å². The minimum Gasteiger partial charge on any atom is -0.486 e. The first kappa shape index (κ1) is 15.1. The molecule has 0 amide bonds. The highest BCUT2D eigenvalue weighted by atomic mass is 79.9. The fraction of sp³-hybridized carbons (Fsp3) is 0.625. The maximum Gasteiger partial charge on any atom is 0.175 e. The van der Waals surface area contributed by atoms with E-state index in [1.54, 1.807) is 0 Å². The van der Waals surface area contributed by atoms with Gasteiger partial charge in [0.1, 0.15) is 13.2 Å². The lowest BCUT2D eigenvalue weighted by atomic mass is 9.93. The van der Waals surface area contributed by atoms with Crippen molar-refractivity contribution in [1.29, 1.82) is 0 Å². The van der Waals surface area contributed by atoms with Crippen LogP contribution in [-0.2, 0) is 6.42 Å². The van der Waals surface area contributed by atoms with Crippen LogP contribution in [0.4, 0.5) is 0 Å². The Morgan fingerprint density at radius 1 is 1.38 bits per heavy atom. The fourth-order valence-electron chi connectivity index (χ4n) is 3.50. The Labute approximate surface area is 134 Å². The minimum atomic E-state index is 0.417. The second-order valence-electron chi connectivity index (χ2n) is 5.93. The number of nitrogens with zero attached hydrogens (tertiary/aromatic N) is 1. The summed E-state index contributed by atoms with van der Waals surface area (Å²) in [5.41, 5.74) is 8.55. The normalized spacial score (nSPS) is 25.3. The summed E-state index contributed by atoms with van der Waals surface area (Å²) in [6.45, 7) is 5.25. The summed E-state index contributed by atoms with van der Waals surface area (Å²) >= 11 is 3.73. The molecule has 0 radical (unpaired) electrons. The van der Waals surface area contributed by atoms with Crippen LogP contribution in [0.1, 0.15) is 30.5 Å². The molecule has 2 N–H and O–H groups in total. The number of nitrogens with two attached hydrogens (primary N) is 1. The predicted octanol–water partition coefficient (Wildman–Crippen LogP) is 2.73. The maximum atomic E-state index is 5.87. The molecule has 0 aliphatic carbocycles. The zero-order valence-electron chi connectivity index (χ0n) is 12.7. The van der Waals surface area contributed by atoms with Gasteiger partial charge < -0.3 is 15.2 Å². The van der Waals surface area contributed by atoms with Gasteiger partial charge in [0.2, 0.25) is 0 Å². The number of hydrogen-bond acceptors (Lipinski definition) is 4. The van der Waals surface area contributed by atoms with Crippen molar-refractivity contribution in [1.82, 2.24) is 4.90 Å². The Bertz CT molecular complexity index is 535. The van der Waals surface area contributed by atoms with Gasteiger partial charge in [0.15, 0.2) is 11.5 Å². The van der Waals surface area contributed by atoms with Gasteiger partial charge >= 0.3 is 0 Å². The van der Waals surface area contributed by atoms with Gasteiger partial charge in [0.05, 0.1) is 4.47 Å². The van der Waals surface area contributed by atoms with E-state index in [9.17, 15) is 0 Å². The van der Waals surface area contributed by atoms with E-state index >= 15 is 0 Å². The molecule has 2 aliphatic rings. The van der Waals surface area contributed by atoms with E-state index in [0.29, 0.717) is 25.2 Å². The Balaban J connectivity index is 2.03. The van der Waals surface area contributed by atoms with Crippen LogP contribution >= 0.6 is 15.9 Å². The van der Waals surface area contributed by atoms with Gasteiger partial charge in [-0.05, 0) is 65.5 Å². The summed E-state index contributed by atoms with van der Waals surface area (Å²) in [5, 5.41) is 0. The summed E-state index contributed by atoms with van der Waals surface area (Å²) < 4.78 is 12.6. The molecular weight excluding hydrogens is 332 g/mol. The van der Waals surface area contributed by atoms with E-state index in [1.165, 1.54) is 11.1 Å². The highest BCUT2D eigenvalue weighted by Crippen LogP contribution is 2.46. The van der Waals surface area contributed by atoms with Crippen molar-refractivity contribution in [3.8, 4) is 11.5 Å². The van der Waals surface area contributed by atoms with Crippen molar-refractivity contribution in [2.75, 3.05) is 33.4 Å². The molecule has 5 heteroatoms. The minimum absolute atomic E-state index is 0.417. The number of fused-ring (bicyclic) bond motifs is 1. The van der Waals surface area contributed by atoms with E-state index in [4.69, 9.17) is 15.2 Å². The Morgan fingerprint density at radius 3 is 2.81 bits per heavy atom. The van der Waals surface area contributed by atoms with Crippen LogP contribution in [0.5, 0.6) is 11.5 Å². The van der Waals surface area contributed by atoms with E-state index in [1.807, 2.05) is 0 Å². The van der Waals surface area contributed by atoms with Gasteiger partial charge in [0, 0.05) is 12.6 Å². The van der Waals surface area contributed by atoms with E-state index in [0.717, 1.165) is 41.9 Å². The summed E-state index contributed by atoms with van der Waals surface area (Å²) in [6, 6.07) is 2.60. The third-order valence-electron chi connectivity index (χ3n) is 4.59. The molecule has 21 heavy (non-hydrogen) atoms. The number of rotatable bonds is 3. The first-order valence-corrected chi connectivity index (χ1v) is 8.46. The summed E-state index contributed by atoms with van der Waals surface area (Å²) in [6.07, 6.45) is 2.09. The van der Waals surface area contributed by atoms with Crippen molar-refractivity contribution in [3.63, 3.8) is 0 Å². The Kier molecular flexibility index (Phi) is 4.43. The molecule has 1 aromatic rings. The van der Waals surface area contributed by atoms with Gasteiger partial charge in [-0.3, -0.25) is 4.90 Å².